The summed E-state index contributed by atoms with van der Waals surface area (Å²) in [5, 5.41) is 3.66. The Morgan fingerprint density at radius 3 is 2.38 bits per heavy atom. The number of amides is 1. The Balaban J connectivity index is 1.71. The summed E-state index contributed by atoms with van der Waals surface area (Å²) >= 11 is 5.99. The van der Waals surface area contributed by atoms with Gasteiger partial charge in [-0.1, -0.05) is 66.2 Å². The Bertz CT molecular complexity index is 880. The molecule has 0 atom stereocenters. The molecule has 0 saturated heterocycles. The fourth-order valence-corrected chi connectivity index (χ4v) is 3.09. The number of anilines is 2. The van der Waals surface area contributed by atoms with E-state index in [1.807, 2.05) is 67.7 Å². The van der Waals surface area contributed by atoms with Crippen LogP contribution in [0.1, 0.15) is 11.1 Å². The zero-order valence-corrected chi connectivity index (χ0v) is 15.4. The van der Waals surface area contributed by atoms with Crippen LogP contribution >= 0.6 is 11.6 Å². The van der Waals surface area contributed by atoms with Gasteiger partial charge in [0.2, 0.25) is 5.91 Å². The SMILES string of the molecule is CN(Cc1ccccc1)c1ccccc1NC(=O)Cc1cccc(Cl)c1. The molecule has 4 heteroatoms. The van der Waals surface area contributed by atoms with Crippen molar-refractivity contribution in [2.75, 3.05) is 17.3 Å². The van der Waals surface area contributed by atoms with Gasteiger partial charge in [-0.25, -0.2) is 0 Å². The molecule has 1 amide bonds. The predicted molar refractivity (Wildman–Crippen MR) is 109 cm³/mol. The minimum absolute atomic E-state index is 0.0622. The smallest absolute Gasteiger partial charge is 0.228 e. The van der Waals surface area contributed by atoms with Crippen molar-refractivity contribution in [3.63, 3.8) is 0 Å². The van der Waals surface area contributed by atoms with E-state index in [-0.39, 0.29) is 12.3 Å². The fraction of sp³-hybridized carbons (Fsp3) is 0.136. The minimum Gasteiger partial charge on any atom is -0.369 e. The first-order valence-electron chi connectivity index (χ1n) is 8.50. The van der Waals surface area contributed by atoms with Crippen molar-refractivity contribution in [1.82, 2.24) is 0 Å². The number of carbonyl (C=O) groups is 1. The minimum atomic E-state index is -0.0622. The van der Waals surface area contributed by atoms with E-state index >= 15 is 0 Å². The summed E-state index contributed by atoms with van der Waals surface area (Å²) in [6.07, 6.45) is 0.289. The summed E-state index contributed by atoms with van der Waals surface area (Å²) in [6.45, 7) is 0.766. The molecule has 0 unspecified atom stereocenters. The molecule has 0 spiro atoms. The predicted octanol–water partition coefficient (Wildman–Crippen LogP) is 5.16. The van der Waals surface area contributed by atoms with Crippen LogP contribution in [0, 0.1) is 0 Å². The van der Waals surface area contributed by atoms with Gasteiger partial charge in [0.15, 0.2) is 0 Å². The zero-order chi connectivity index (χ0) is 18.4. The summed E-state index contributed by atoms with van der Waals surface area (Å²) in [6, 6.07) is 25.5. The van der Waals surface area contributed by atoms with Gasteiger partial charge in [0.05, 0.1) is 17.8 Å². The summed E-state index contributed by atoms with van der Waals surface area (Å²) in [5.41, 5.74) is 3.90. The monoisotopic (exact) mass is 364 g/mol. The number of carbonyl (C=O) groups excluding carboxylic acids is 1. The van der Waals surface area contributed by atoms with E-state index in [2.05, 4.69) is 22.3 Å². The number of para-hydroxylation sites is 2. The number of benzene rings is 3. The van der Waals surface area contributed by atoms with Gasteiger partial charge >= 0.3 is 0 Å². The normalized spacial score (nSPS) is 10.4. The number of hydrogen-bond donors (Lipinski definition) is 1. The first-order chi connectivity index (χ1) is 12.6. The van der Waals surface area contributed by atoms with Gasteiger partial charge in [0, 0.05) is 18.6 Å². The van der Waals surface area contributed by atoms with E-state index in [0.29, 0.717) is 5.02 Å². The van der Waals surface area contributed by atoms with Crippen molar-refractivity contribution in [2.24, 2.45) is 0 Å². The second-order valence-electron chi connectivity index (χ2n) is 6.21. The molecule has 0 fully saturated rings. The summed E-state index contributed by atoms with van der Waals surface area (Å²) in [7, 11) is 2.02. The van der Waals surface area contributed by atoms with Crippen LogP contribution in [0.15, 0.2) is 78.9 Å². The Morgan fingerprint density at radius 1 is 0.923 bits per heavy atom. The van der Waals surface area contributed by atoms with Crippen LogP contribution in [-0.2, 0) is 17.8 Å². The molecule has 0 radical (unpaired) electrons. The zero-order valence-electron chi connectivity index (χ0n) is 14.7. The molecule has 26 heavy (non-hydrogen) atoms. The third-order valence-electron chi connectivity index (χ3n) is 4.11. The molecule has 0 bridgehead atoms. The molecule has 3 nitrogen and oxygen atoms in total. The number of nitrogens with one attached hydrogen (secondary N) is 1. The number of rotatable bonds is 6. The highest BCUT2D eigenvalue weighted by Gasteiger charge is 2.11. The average molecular weight is 365 g/mol. The van der Waals surface area contributed by atoms with E-state index in [1.54, 1.807) is 6.07 Å². The molecule has 0 aliphatic carbocycles. The maximum atomic E-state index is 12.5. The number of nitrogens with zero attached hydrogens (tertiary/aromatic N) is 1. The lowest BCUT2D eigenvalue weighted by atomic mass is 10.1. The van der Waals surface area contributed by atoms with Crippen molar-refractivity contribution in [3.05, 3.63) is 95.0 Å². The largest absolute Gasteiger partial charge is 0.369 e. The van der Waals surface area contributed by atoms with Gasteiger partial charge in [0.1, 0.15) is 0 Å². The lowest BCUT2D eigenvalue weighted by Gasteiger charge is -2.23. The molecule has 3 aromatic rings. The summed E-state index contributed by atoms with van der Waals surface area (Å²) < 4.78 is 0. The standard InChI is InChI=1S/C22H21ClN2O/c1-25(16-17-8-3-2-4-9-17)21-13-6-5-12-20(21)24-22(26)15-18-10-7-11-19(23)14-18/h2-14H,15-16H2,1H3,(H,24,26). The van der Waals surface area contributed by atoms with E-state index < -0.39 is 0 Å². The molecule has 132 valence electrons. The van der Waals surface area contributed by atoms with Crippen LogP contribution in [0.5, 0.6) is 0 Å². The lowest BCUT2D eigenvalue weighted by molar-refractivity contribution is -0.115. The van der Waals surface area contributed by atoms with Crippen molar-refractivity contribution in [1.29, 1.82) is 0 Å². The van der Waals surface area contributed by atoms with Crippen molar-refractivity contribution >= 4 is 28.9 Å². The summed E-state index contributed by atoms with van der Waals surface area (Å²) in [4.78, 5) is 14.6. The second-order valence-corrected chi connectivity index (χ2v) is 6.65. The molecule has 3 aromatic carbocycles. The molecule has 3 rings (SSSR count). The maximum absolute atomic E-state index is 12.5. The molecule has 0 heterocycles. The van der Waals surface area contributed by atoms with Crippen molar-refractivity contribution < 1.29 is 4.79 Å². The maximum Gasteiger partial charge on any atom is 0.228 e. The van der Waals surface area contributed by atoms with Gasteiger partial charge in [-0.05, 0) is 35.4 Å². The molecule has 0 aliphatic heterocycles. The van der Waals surface area contributed by atoms with Gasteiger partial charge in [-0.3, -0.25) is 4.79 Å². The third kappa shape index (κ3) is 4.87. The Morgan fingerprint density at radius 2 is 1.62 bits per heavy atom. The second kappa shape index (κ2) is 8.54. The van der Waals surface area contributed by atoms with Crippen molar-refractivity contribution in [3.8, 4) is 0 Å². The summed E-state index contributed by atoms with van der Waals surface area (Å²) in [5.74, 6) is -0.0622. The van der Waals surface area contributed by atoms with E-state index in [9.17, 15) is 4.79 Å². The number of hydrogen-bond acceptors (Lipinski definition) is 2. The topological polar surface area (TPSA) is 32.3 Å². The van der Waals surface area contributed by atoms with E-state index in [0.717, 1.165) is 23.5 Å². The van der Waals surface area contributed by atoms with Gasteiger partial charge < -0.3 is 10.2 Å². The van der Waals surface area contributed by atoms with Gasteiger partial charge in [0.25, 0.3) is 0 Å². The van der Waals surface area contributed by atoms with Crippen LogP contribution in [0.3, 0.4) is 0 Å². The van der Waals surface area contributed by atoms with Crippen molar-refractivity contribution in [2.45, 2.75) is 13.0 Å². The molecule has 0 aliphatic rings. The van der Waals surface area contributed by atoms with Gasteiger partial charge in [-0.2, -0.15) is 0 Å². The third-order valence-corrected chi connectivity index (χ3v) is 4.34. The Labute approximate surface area is 159 Å². The fourth-order valence-electron chi connectivity index (χ4n) is 2.88. The quantitative estimate of drug-likeness (QED) is 0.655. The molecular formula is C22H21ClN2O. The van der Waals surface area contributed by atoms with Crippen LogP contribution in [0.25, 0.3) is 0 Å². The Hall–Kier alpha value is -2.78. The Kier molecular flexibility index (Phi) is 5.92. The average Bonchev–Trinajstić information content (AvgIpc) is 2.63. The van der Waals surface area contributed by atoms with E-state index in [1.165, 1.54) is 5.56 Å². The highest BCUT2D eigenvalue weighted by atomic mass is 35.5. The van der Waals surface area contributed by atoms with E-state index in [4.69, 9.17) is 11.6 Å². The van der Waals surface area contributed by atoms with Crippen LogP contribution in [0.4, 0.5) is 11.4 Å². The molecular weight excluding hydrogens is 344 g/mol. The first-order valence-corrected chi connectivity index (χ1v) is 8.88. The molecule has 0 saturated carbocycles. The highest BCUT2D eigenvalue weighted by molar-refractivity contribution is 6.30. The molecule has 0 aromatic heterocycles. The number of halogens is 1. The highest BCUT2D eigenvalue weighted by Crippen LogP contribution is 2.26. The first kappa shape index (κ1) is 18.0. The molecule has 1 N–H and O–H groups in total. The van der Waals surface area contributed by atoms with Gasteiger partial charge in [-0.15, -0.1) is 0 Å². The lowest BCUT2D eigenvalue weighted by Crippen LogP contribution is -2.20. The van der Waals surface area contributed by atoms with Crippen LogP contribution < -0.4 is 10.2 Å². The van der Waals surface area contributed by atoms with Crippen LogP contribution in [0.2, 0.25) is 5.02 Å². The van der Waals surface area contributed by atoms with Crippen LogP contribution in [-0.4, -0.2) is 13.0 Å².